The zero-order valence-electron chi connectivity index (χ0n) is 9.46. The van der Waals surface area contributed by atoms with Gasteiger partial charge in [-0.25, -0.2) is 0 Å². The maximum atomic E-state index is 5.75. The highest BCUT2D eigenvalue weighted by molar-refractivity contribution is 6.17. The first-order valence-corrected chi connectivity index (χ1v) is 5.83. The Morgan fingerprint density at radius 1 is 1.33 bits per heavy atom. The van der Waals surface area contributed by atoms with Crippen molar-refractivity contribution >= 4 is 11.6 Å². The average Bonchev–Trinajstić information content (AvgIpc) is 2.19. The first-order chi connectivity index (χ1) is 7.14. The van der Waals surface area contributed by atoms with Crippen molar-refractivity contribution in [2.75, 3.05) is 12.4 Å². The van der Waals surface area contributed by atoms with Crippen LogP contribution in [0.1, 0.15) is 25.8 Å². The first-order valence-electron chi connectivity index (χ1n) is 5.30. The number of rotatable bonds is 6. The number of alkyl halides is 1. The fourth-order valence-electron chi connectivity index (χ4n) is 1.39. The van der Waals surface area contributed by atoms with Gasteiger partial charge in [0.25, 0.3) is 0 Å². The predicted molar refractivity (Wildman–Crippen MR) is 65.1 cm³/mol. The lowest BCUT2D eigenvalue weighted by Crippen LogP contribution is -2.29. The van der Waals surface area contributed by atoms with Crippen LogP contribution in [0.15, 0.2) is 24.5 Å². The molecule has 0 saturated heterocycles. The van der Waals surface area contributed by atoms with E-state index in [1.807, 2.05) is 24.5 Å². The SMILES string of the molecule is CC(C)(CCCl)CNCc1ccncc1. The van der Waals surface area contributed by atoms with Crippen LogP contribution < -0.4 is 5.32 Å². The van der Waals surface area contributed by atoms with Gasteiger partial charge in [-0.3, -0.25) is 4.98 Å². The smallest absolute Gasteiger partial charge is 0.0271 e. The highest BCUT2D eigenvalue weighted by atomic mass is 35.5. The minimum absolute atomic E-state index is 0.273. The molecule has 3 heteroatoms. The number of hydrogen-bond acceptors (Lipinski definition) is 2. The van der Waals surface area contributed by atoms with E-state index in [1.54, 1.807) is 0 Å². The molecule has 0 aromatic carbocycles. The lowest BCUT2D eigenvalue weighted by molar-refractivity contribution is 0.329. The molecule has 0 saturated carbocycles. The maximum Gasteiger partial charge on any atom is 0.0271 e. The van der Waals surface area contributed by atoms with Gasteiger partial charge >= 0.3 is 0 Å². The third-order valence-electron chi connectivity index (χ3n) is 2.45. The molecule has 0 bridgehead atoms. The number of nitrogens with zero attached hydrogens (tertiary/aromatic N) is 1. The molecule has 0 aliphatic rings. The maximum absolute atomic E-state index is 5.75. The Balaban J connectivity index is 2.27. The summed E-state index contributed by atoms with van der Waals surface area (Å²) in [6.45, 7) is 6.35. The van der Waals surface area contributed by atoms with Crippen LogP contribution in [0.2, 0.25) is 0 Å². The second-order valence-electron chi connectivity index (χ2n) is 4.56. The Morgan fingerprint density at radius 3 is 2.60 bits per heavy atom. The van der Waals surface area contributed by atoms with Crippen molar-refractivity contribution in [1.82, 2.24) is 10.3 Å². The molecule has 0 aliphatic carbocycles. The number of hydrogen-bond donors (Lipinski definition) is 1. The van der Waals surface area contributed by atoms with Gasteiger partial charge in [0.05, 0.1) is 0 Å². The van der Waals surface area contributed by atoms with Crippen molar-refractivity contribution in [3.05, 3.63) is 30.1 Å². The minimum Gasteiger partial charge on any atom is -0.312 e. The van der Waals surface area contributed by atoms with Crippen LogP contribution in [0.5, 0.6) is 0 Å². The zero-order valence-corrected chi connectivity index (χ0v) is 10.2. The number of nitrogens with one attached hydrogen (secondary N) is 1. The van der Waals surface area contributed by atoms with Crippen molar-refractivity contribution in [3.63, 3.8) is 0 Å². The normalized spacial score (nSPS) is 11.7. The topological polar surface area (TPSA) is 24.9 Å². The lowest BCUT2D eigenvalue weighted by atomic mass is 9.90. The molecule has 0 aliphatic heterocycles. The second kappa shape index (κ2) is 6.09. The summed E-state index contributed by atoms with van der Waals surface area (Å²) >= 11 is 5.75. The highest BCUT2D eigenvalue weighted by Crippen LogP contribution is 2.19. The molecule has 1 heterocycles. The first kappa shape index (κ1) is 12.5. The summed E-state index contributed by atoms with van der Waals surface area (Å²) in [5.74, 6) is 0.726. The van der Waals surface area contributed by atoms with E-state index in [-0.39, 0.29) is 5.41 Å². The molecule has 15 heavy (non-hydrogen) atoms. The van der Waals surface area contributed by atoms with Crippen LogP contribution in [-0.2, 0) is 6.54 Å². The molecule has 0 amide bonds. The van der Waals surface area contributed by atoms with Gasteiger partial charge in [0.2, 0.25) is 0 Å². The Kier molecular flexibility index (Phi) is 5.06. The molecule has 1 aromatic heterocycles. The summed E-state index contributed by atoms with van der Waals surface area (Å²) in [7, 11) is 0. The summed E-state index contributed by atoms with van der Waals surface area (Å²) in [5, 5.41) is 3.44. The van der Waals surface area contributed by atoms with Crippen molar-refractivity contribution < 1.29 is 0 Å². The third-order valence-corrected chi connectivity index (χ3v) is 2.64. The molecular formula is C12H19ClN2. The molecule has 0 radical (unpaired) electrons. The largest absolute Gasteiger partial charge is 0.312 e. The molecule has 0 spiro atoms. The van der Waals surface area contributed by atoms with Gasteiger partial charge in [-0.2, -0.15) is 0 Å². The third kappa shape index (κ3) is 5.14. The second-order valence-corrected chi connectivity index (χ2v) is 4.94. The molecule has 1 rings (SSSR count). The summed E-state index contributed by atoms with van der Waals surface area (Å²) in [5.41, 5.74) is 1.54. The van der Waals surface area contributed by atoms with Crippen LogP contribution in [0, 0.1) is 5.41 Å². The van der Waals surface area contributed by atoms with Gasteiger partial charge in [-0.15, -0.1) is 11.6 Å². The summed E-state index contributed by atoms with van der Waals surface area (Å²) in [6.07, 6.45) is 4.68. The van der Waals surface area contributed by atoms with Crippen LogP contribution in [0.3, 0.4) is 0 Å². The molecule has 84 valence electrons. The van der Waals surface area contributed by atoms with Gasteiger partial charge in [0.15, 0.2) is 0 Å². The Labute approximate surface area is 97.1 Å². The molecular weight excluding hydrogens is 208 g/mol. The fourth-order valence-corrected chi connectivity index (χ4v) is 1.90. The van der Waals surface area contributed by atoms with E-state index in [4.69, 9.17) is 11.6 Å². The molecule has 0 fully saturated rings. The Hall–Kier alpha value is -0.600. The van der Waals surface area contributed by atoms with Crippen LogP contribution in [0.4, 0.5) is 0 Å². The summed E-state index contributed by atoms with van der Waals surface area (Å²) in [4.78, 5) is 3.99. The van der Waals surface area contributed by atoms with E-state index in [2.05, 4.69) is 24.1 Å². The van der Waals surface area contributed by atoms with E-state index in [0.29, 0.717) is 0 Å². The highest BCUT2D eigenvalue weighted by Gasteiger charge is 2.15. The molecule has 2 nitrogen and oxygen atoms in total. The monoisotopic (exact) mass is 226 g/mol. The van der Waals surface area contributed by atoms with Crippen LogP contribution in [0.25, 0.3) is 0 Å². The van der Waals surface area contributed by atoms with Gasteiger partial charge < -0.3 is 5.32 Å². The van der Waals surface area contributed by atoms with E-state index >= 15 is 0 Å². The quantitative estimate of drug-likeness (QED) is 0.755. The van der Waals surface area contributed by atoms with Gasteiger partial charge in [0, 0.05) is 31.4 Å². The average molecular weight is 227 g/mol. The van der Waals surface area contributed by atoms with E-state index < -0.39 is 0 Å². The van der Waals surface area contributed by atoms with Crippen molar-refractivity contribution in [1.29, 1.82) is 0 Å². The zero-order chi connectivity index (χ0) is 11.1. The van der Waals surface area contributed by atoms with Gasteiger partial charge in [-0.1, -0.05) is 13.8 Å². The van der Waals surface area contributed by atoms with Crippen molar-refractivity contribution in [3.8, 4) is 0 Å². The fraction of sp³-hybridized carbons (Fsp3) is 0.583. The Bertz CT molecular complexity index is 272. The van der Waals surface area contributed by atoms with Gasteiger partial charge in [0.1, 0.15) is 0 Å². The van der Waals surface area contributed by atoms with E-state index in [0.717, 1.165) is 25.4 Å². The molecule has 0 atom stereocenters. The predicted octanol–water partition coefficient (Wildman–Crippen LogP) is 2.83. The van der Waals surface area contributed by atoms with E-state index in [1.165, 1.54) is 5.56 Å². The van der Waals surface area contributed by atoms with Crippen LogP contribution in [-0.4, -0.2) is 17.4 Å². The number of aromatic nitrogens is 1. The Morgan fingerprint density at radius 2 is 2.00 bits per heavy atom. The minimum atomic E-state index is 0.273. The number of halogens is 1. The van der Waals surface area contributed by atoms with E-state index in [9.17, 15) is 0 Å². The van der Waals surface area contributed by atoms with Gasteiger partial charge in [-0.05, 0) is 29.5 Å². The molecule has 1 aromatic rings. The standard InChI is InChI=1S/C12H19ClN2/c1-12(2,5-6-13)10-15-9-11-3-7-14-8-4-11/h3-4,7-8,15H,5-6,9-10H2,1-2H3. The molecule has 1 N–H and O–H groups in total. The van der Waals surface area contributed by atoms with Crippen LogP contribution >= 0.6 is 11.6 Å². The lowest BCUT2D eigenvalue weighted by Gasteiger charge is -2.23. The van der Waals surface area contributed by atoms with Crippen molar-refractivity contribution in [2.45, 2.75) is 26.8 Å². The van der Waals surface area contributed by atoms with Crippen molar-refractivity contribution in [2.24, 2.45) is 5.41 Å². The summed E-state index contributed by atoms with van der Waals surface area (Å²) < 4.78 is 0. The molecule has 0 unspecified atom stereocenters. The number of pyridine rings is 1. The summed E-state index contributed by atoms with van der Waals surface area (Å²) in [6, 6.07) is 4.06.